The van der Waals surface area contributed by atoms with Gasteiger partial charge in [-0.1, -0.05) is 17.8 Å². The maximum absolute atomic E-state index is 12.1. The van der Waals surface area contributed by atoms with E-state index < -0.39 is 0 Å². The molecule has 7 nitrogen and oxygen atoms in total. The number of aromatic nitrogens is 4. The third-order valence-electron chi connectivity index (χ3n) is 3.86. The minimum atomic E-state index is -0.0275. The van der Waals surface area contributed by atoms with Crippen LogP contribution >= 0.6 is 11.3 Å². The van der Waals surface area contributed by atoms with E-state index in [0.717, 1.165) is 31.5 Å². The van der Waals surface area contributed by atoms with Crippen LogP contribution in [0.15, 0.2) is 17.9 Å². The Balaban J connectivity index is 1.58. The Morgan fingerprint density at radius 3 is 3.14 bits per heavy atom. The molecule has 22 heavy (non-hydrogen) atoms. The molecule has 1 saturated heterocycles. The number of anilines is 1. The highest BCUT2D eigenvalue weighted by atomic mass is 32.1. The highest BCUT2D eigenvalue weighted by Crippen LogP contribution is 2.19. The van der Waals surface area contributed by atoms with Gasteiger partial charge in [0.2, 0.25) is 11.0 Å². The third kappa shape index (κ3) is 3.89. The number of carbonyl (C=O) groups excluding carboxylic acids is 1. The van der Waals surface area contributed by atoms with Crippen molar-refractivity contribution < 1.29 is 4.79 Å². The van der Waals surface area contributed by atoms with Crippen LogP contribution in [0.2, 0.25) is 0 Å². The smallest absolute Gasteiger partial charge is 0.240 e. The Bertz CT molecular complexity index is 611. The van der Waals surface area contributed by atoms with Crippen molar-refractivity contribution in [3.8, 4) is 0 Å². The van der Waals surface area contributed by atoms with E-state index in [9.17, 15) is 4.79 Å². The zero-order valence-electron chi connectivity index (χ0n) is 12.6. The lowest BCUT2D eigenvalue weighted by atomic mass is 10.0. The number of aryl methyl sites for hydroxylation is 1. The molecule has 1 atom stereocenters. The molecule has 118 valence electrons. The molecular formula is C14H20N6OS. The molecule has 1 aliphatic heterocycles. The number of piperidine rings is 1. The standard InChI is InChI=1S/C14H20N6OS/c1-11-6-16-20(7-11)8-12-4-2-3-5-19(12)9-13(21)17-14-18-15-10-22-14/h6-7,10,12H,2-5,8-9H2,1H3,(H,17,18,21)/t12-/m0/s1. The number of likely N-dealkylation sites (tertiary alicyclic amines) is 1. The van der Waals surface area contributed by atoms with Crippen LogP contribution in [0.3, 0.4) is 0 Å². The summed E-state index contributed by atoms with van der Waals surface area (Å²) in [6.45, 7) is 4.22. The first-order valence-corrected chi connectivity index (χ1v) is 8.38. The fourth-order valence-corrected chi connectivity index (χ4v) is 3.29. The molecule has 2 aromatic heterocycles. The van der Waals surface area contributed by atoms with E-state index in [-0.39, 0.29) is 5.91 Å². The first kappa shape index (κ1) is 15.1. The van der Waals surface area contributed by atoms with Crippen LogP contribution < -0.4 is 5.32 Å². The number of hydrogen-bond acceptors (Lipinski definition) is 6. The predicted molar refractivity (Wildman–Crippen MR) is 84.7 cm³/mol. The molecule has 0 aromatic carbocycles. The number of nitrogens with zero attached hydrogens (tertiary/aromatic N) is 5. The lowest BCUT2D eigenvalue weighted by molar-refractivity contribution is -0.118. The molecular weight excluding hydrogens is 300 g/mol. The maximum Gasteiger partial charge on any atom is 0.240 e. The summed E-state index contributed by atoms with van der Waals surface area (Å²) < 4.78 is 1.97. The predicted octanol–water partition coefficient (Wildman–Crippen LogP) is 1.54. The Kier molecular flexibility index (Phi) is 4.79. The second kappa shape index (κ2) is 6.97. The molecule has 0 bridgehead atoms. The molecule has 3 heterocycles. The van der Waals surface area contributed by atoms with Crippen molar-refractivity contribution in [1.82, 2.24) is 24.9 Å². The Morgan fingerprint density at radius 1 is 1.50 bits per heavy atom. The van der Waals surface area contributed by atoms with Crippen molar-refractivity contribution in [2.45, 2.75) is 38.8 Å². The van der Waals surface area contributed by atoms with Gasteiger partial charge in [-0.3, -0.25) is 19.7 Å². The Hall–Kier alpha value is -1.80. The van der Waals surface area contributed by atoms with Crippen molar-refractivity contribution in [1.29, 1.82) is 0 Å². The number of nitrogens with one attached hydrogen (secondary N) is 1. The van der Waals surface area contributed by atoms with Gasteiger partial charge < -0.3 is 0 Å². The van der Waals surface area contributed by atoms with Gasteiger partial charge in [0, 0.05) is 12.2 Å². The van der Waals surface area contributed by atoms with Crippen molar-refractivity contribution in [3.05, 3.63) is 23.5 Å². The molecule has 0 aliphatic carbocycles. The summed E-state index contributed by atoms with van der Waals surface area (Å²) in [6, 6.07) is 0.355. The maximum atomic E-state index is 12.1. The summed E-state index contributed by atoms with van der Waals surface area (Å²) in [5, 5.41) is 15.3. The normalized spacial score (nSPS) is 19.2. The van der Waals surface area contributed by atoms with Gasteiger partial charge in [-0.2, -0.15) is 5.10 Å². The monoisotopic (exact) mass is 320 g/mol. The van der Waals surface area contributed by atoms with E-state index in [0.29, 0.717) is 17.7 Å². The van der Waals surface area contributed by atoms with Crippen LogP contribution in [0.1, 0.15) is 24.8 Å². The second-order valence-electron chi connectivity index (χ2n) is 5.65. The Morgan fingerprint density at radius 2 is 2.41 bits per heavy atom. The van der Waals surface area contributed by atoms with Gasteiger partial charge in [-0.05, 0) is 31.9 Å². The first-order valence-electron chi connectivity index (χ1n) is 7.50. The zero-order chi connectivity index (χ0) is 15.4. The van der Waals surface area contributed by atoms with Gasteiger partial charge in [0.05, 0.1) is 19.3 Å². The summed E-state index contributed by atoms with van der Waals surface area (Å²) >= 11 is 1.33. The largest absolute Gasteiger partial charge is 0.299 e. The molecule has 1 N–H and O–H groups in total. The molecule has 0 unspecified atom stereocenters. The van der Waals surface area contributed by atoms with Crippen molar-refractivity contribution in [2.75, 3.05) is 18.4 Å². The second-order valence-corrected chi connectivity index (χ2v) is 6.49. The molecule has 0 radical (unpaired) electrons. The Labute approximate surface area is 133 Å². The molecule has 2 aromatic rings. The van der Waals surface area contributed by atoms with Crippen molar-refractivity contribution in [2.24, 2.45) is 0 Å². The van der Waals surface area contributed by atoms with Crippen LogP contribution in [0.5, 0.6) is 0 Å². The van der Waals surface area contributed by atoms with E-state index in [4.69, 9.17) is 0 Å². The molecule has 8 heteroatoms. The molecule has 3 rings (SSSR count). The molecule has 0 saturated carbocycles. The van der Waals surface area contributed by atoms with Gasteiger partial charge in [0.15, 0.2) is 0 Å². The van der Waals surface area contributed by atoms with E-state index in [1.54, 1.807) is 5.51 Å². The van der Waals surface area contributed by atoms with Gasteiger partial charge in [0.25, 0.3) is 0 Å². The van der Waals surface area contributed by atoms with Crippen molar-refractivity contribution >= 4 is 22.4 Å². The summed E-state index contributed by atoms with van der Waals surface area (Å²) in [7, 11) is 0. The topological polar surface area (TPSA) is 75.9 Å². The molecule has 1 amide bonds. The van der Waals surface area contributed by atoms with Crippen LogP contribution in [-0.2, 0) is 11.3 Å². The van der Waals surface area contributed by atoms with Gasteiger partial charge in [-0.15, -0.1) is 10.2 Å². The minimum absolute atomic E-state index is 0.0275. The van der Waals surface area contributed by atoms with Crippen LogP contribution in [0.4, 0.5) is 5.13 Å². The average molecular weight is 320 g/mol. The quantitative estimate of drug-likeness (QED) is 0.904. The highest BCUT2D eigenvalue weighted by molar-refractivity contribution is 7.13. The summed E-state index contributed by atoms with van der Waals surface area (Å²) in [4.78, 5) is 14.4. The number of rotatable bonds is 5. The van der Waals surface area contributed by atoms with E-state index in [2.05, 4.69) is 25.5 Å². The van der Waals surface area contributed by atoms with Gasteiger partial charge in [-0.25, -0.2) is 0 Å². The fourth-order valence-electron chi connectivity index (χ4n) is 2.83. The van der Waals surface area contributed by atoms with Crippen LogP contribution in [0.25, 0.3) is 0 Å². The van der Waals surface area contributed by atoms with Crippen molar-refractivity contribution in [3.63, 3.8) is 0 Å². The highest BCUT2D eigenvalue weighted by Gasteiger charge is 2.25. The summed E-state index contributed by atoms with van der Waals surface area (Å²) in [5.74, 6) is -0.0275. The van der Waals surface area contributed by atoms with E-state index in [1.165, 1.54) is 17.8 Å². The zero-order valence-corrected chi connectivity index (χ0v) is 13.4. The van der Waals surface area contributed by atoms with E-state index in [1.807, 2.05) is 24.0 Å². The first-order chi connectivity index (χ1) is 10.7. The van der Waals surface area contributed by atoms with Crippen LogP contribution in [0, 0.1) is 6.92 Å². The summed E-state index contributed by atoms with van der Waals surface area (Å²) in [6.07, 6.45) is 7.37. The van der Waals surface area contributed by atoms with Gasteiger partial charge in [0.1, 0.15) is 5.51 Å². The van der Waals surface area contributed by atoms with Gasteiger partial charge >= 0.3 is 0 Å². The summed E-state index contributed by atoms with van der Waals surface area (Å²) in [5.41, 5.74) is 2.77. The average Bonchev–Trinajstić information content (AvgIpc) is 3.13. The van der Waals surface area contributed by atoms with E-state index >= 15 is 0 Å². The third-order valence-corrected chi connectivity index (χ3v) is 4.47. The number of hydrogen-bond donors (Lipinski definition) is 1. The van der Waals surface area contributed by atoms with Crippen LogP contribution in [-0.4, -0.2) is 49.9 Å². The molecule has 1 aliphatic rings. The lowest BCUT2D eigenvalue weighted by Crippen LogP contribution is -2.46. The molecule has 0 spiro atoms. The SMILES string of the molecule is Cc1cnn(C[C@@H]2CCCCN2CC(=O)Nc2nncs2)c1. The lowest BCUT2D eigenvalue weighted by Gasteiger charge is -2.35. The number of amides is 1. The number of carbonyl (C=O) groups is 1. The fraction of sp³-hybridized carbons (Fsp3) is 0.571. The minimum Gasteiger partial charge on any atom is -0.299 e. The molecule has 1 fully saturated rings.